The van der Waals surface area contributed by atoms with Gasteiger partial charge in [0.05, 0.1) is 17.8 Å². The molecule has 0 aliphatic rings. The van der Waals surface area contributed by atoms with E-state index in [2.05, 4.69) is 52.9 Å². The van der Waals surface area contributed by atoms with E-state index in [1.807, 2.05) is 12.1 Å². The predicted molar refractivity (Wildman–Crippen MR) is 85.3 cm³/mol. The molecule has 0 aliphatic heterocycles. The van der Waals surface area contributed by atoms with E-state index in [0.717, 1.165) is 22.2 Å². The minimum atomic E-state index is 0.516. The molecule has 3 nitrogen and oxygen atoms in total. The Morgan fingerprint density at radius 2 is 1.76 bits per heavy atom. The summed E-state index contributed by atoms with van der Waals surface area (Å²) in [6.07, 6.45) is 1.56. The number of nitrogens with zero attached hydrogens (tertiary/aromatic N) is 3. The summed E-state index contributed by atoms with van der Waals surface area (Å²) in [6.45, 7) is 11.4. The van der Waals surface area contributed by atoms with Crippen LogP contribution in [0.15, 0.2) is 48.8 Å². The van der Waals surface area contributed by atoms with E-state index in [1.165, 1.54) is 5.56 Å². The maximum Gasteiger partial charge on any atom is 0.189 e. The van der Waals surface area contributed by atoms with Gasteiger partial charge in [-0.1, -0.05) is 50.2 Å². The van der Waals surface area contributed by atoms with Gasteiger partial charge in [-0.15, -0.1) is 0 Å². The van der Waals surface area contributed by atoms with Gasteiger partial charge in [-0.2, -0.15) is 0 Å². The number of aromatic nitrogens is 2. The maximum absolute atomic E-state index is 7.08. The van der Waals surface area contributed by atoms with Crippen LogP contribution in [-0.4, -0.2) is 9.97 Å². The summed E-state index contributed by atoms with van der Waals surface area (Å²) < 4.78 is 0. The highest BCUT2D eigenvalue weighted by molar-refractivity contribution is 5.93. The molecule has 102 valence electrons. The third-order valence-electron chi connectivity index (χ3n) is 3.60. The summed E-state index contributed by atoms with van der Waals surface area (Å²) in [5, 5.41) is 0.974. The Balaban J connectivity index is 2.14. The molecule has 3 rings (SSSR count). The number of hydrogen-bond acceptors (Lipinski definition) is 2. The second kappa shape index (κ2) is 5.34. The molecule has 21 heavy (non-hydrogen) atoms. The Morgan fingerprint density at radius 3 is 2.43 bits per heavy atom. The highest BCUT2D eigenvalue weighted by atomic mass is 14.8. The average Bonchev–Trinajstić information content (AvgIpc) is 2.53. The Bertz CT molecular complexity index is 827. The van der Waals surface area contributed by atoms with Crippen LogP contribution in [0, 0.1) is 6.57 Å². The molecule has 0 fully saturated rings. The first kappa shape index (κ1) is 13.3. The summed E-state index contributed by atoms with van der Waals surface area (Å²) in [7, 11) is 0. The number of hydrogen-bond donors (Lipinski definition) is 0. The van der Waals surface area contributed by atoms with Crippen LogP contribution in [0.5, 0.6) is 0 Å². The number of benzene rings is 2. The lowest BCUT2D eigenvalue weighted by Gasteiger charge is -2.08. The Labute approximate surface area is 124 Å². The molecule has 2 aromatic carbocycles. The van der Waals surface area contributed by atoms with Crippen molar-refractivity contribution in [3.8, 4) is 11.3 Å². The van der Waals surface area contributed by atoms with Gasteiger partial charge in [0.1, 0.15) is 6.33 Å². The number of rotatable bonds is 2. The van der Waals surface area contributed by atoms with Crippen molar-refractivity contribution in [1.29, 1.82) is 0 Å². The summed E-state index contributed by atoms with van der Waals surface area (Å²) in [5.41, 5.74) is 4.70. The topological polar surface area (TPSA) is 30.1 Å². The summed E-state index contributed by atoms with van der Waals surface area (Å²) in [5.74, 6) is 0.516. The fraction of sp³-hybridized carbons (Fsp3) is 0.167. The fourth-order valence-electron chi connectivity index (χ4n) is 2.37. The molecule has 0 saturated heterocycles. The summed E-state index contributed by atoms with van der Waals surface area (Å²) in [6, 6.07) is 14.0. The van der Waals surface area contributed by atoms with Crippen molar-refractivity contribution in [1.82, 2.24) is 9.97 Å². The zero-order valence-corrected chi connectivity index (χ0v) is 12.0. The standard InChI is InChI=1S/C18H15N3/c1-12(2)13-4-6-14(7-5-13)18-16-9-8-15(19-3)10-17(16)20-11-21-18/h4-12H,1-2H3. The van der Waals surface area contributed by atoms with Crippen LogP contribution >= 0.6 is 0 Å². The van der Waals surface area contributed by atoms with Crippen LogP contribution in [-0.2, 0) is 0 Å². The van der Waals surface area contributed by atoms with Crippen molar-refractivity contribution in [2.75, 3.05) is 0 Å². The van der Waals surface area contributed by atoms with Crippen molar-refractivity contribution < 1.29 is 0 Å². The first-order valence-corrected chi connectivity index (χ1v) is 6.91. The second-order valence-corrected chi connectivity index (χ2v) is 5.31. The van der Waals surface area contributed by atoms with Gasteiger partial charge < -0.3 is 0 Å². The van der Waals surface area contributed by atoms with E-state index >= 15 is 0 Å². The van der Waals surface area contributed by atoms with Gasteiger partial charge in [0.15, 0.2) is 5.69 Å². The molecule has 3 heteroatoms. The molecule has 0 radical (unpaired) electrons. The highest BCUT2D eigenvalue weighted by Crippen LogP contribution is 2.28. The Morgan fingerprint density at radius 1 is 1.00 bits per heavy atom. The third kappa shape index (κ3) is 2.48. The van der Waals surface area contributed by atoms with E-state index in [1.54, 1.807) is 12.4 Å². The highest BCUT2D eigenvalue weighted by Gasteiger charge is 2.07. The molecule has 0 amide bonds. The van der Waals surface area contributed by atoms with Gasteiger partial charge in [0, 0.05) is 10.9 Å². The van der Waals surface area contributed by atoms with Crippen molar-refractivity contribution in [2.45, 2.75) is 19.8 Å². The molecule has 3 aromatic rings. The van der Waals surface area contributed by atoms with E-state index in [9.17, 15) is 0 Å². The monoisotopic (exact) mass is 273 g/mol. The van der Waals surface area contributed by atoms with Gasteiger partial charge >= 0.3 is 0 Å². The number of fused-ring (bicyclic) bond motifs is 1. The van der Waals surface area contributed by atoms with Crippen LogP contribution in [0.1, 0.15) is 25.3 Å². The van der Waals surface area contributed by atoms with Crippen molar-refractivity contribution in [2.24, 2.45) is 0 Å². The third-order valence-corrected chi connectivity index (χ3v) is 3.60. The molecule has 0 N–H and O–H groups in total. The lowest BCUT2D eigenvalue weighted by atomic mass is 9.99. The van der Waals surface area contributed by atoms with Gasteiger partial charge in [-0.05, 0) is 17.5 Å². The molecule has 0 saturated carbocycles. The molecule has 0 aliphatic carbocycles. The molecule has 0 bridgehead atoms. The predicted octanol–water partition coefficient (Wildman–Crippen LogP) is 4.97. The van der Waals surface area contributed by atoms with E-state index in [-0.39, 0.29) is 0 Å². The van der Waals surface area contributed by atoms with E-state index in [4.69, 9.17) is 6.57 Å². The first-order chi connectivity index (χ1) is 10.2. The lowest BCUT2D eigenvalue weighted by Crippen LogP contribution is -1.90. The maximum atomic E-state index is 7.08. The van der Waals surface area contributed by atoms with E-state index in [0.29, 0.717) is 11.6 Å². The van der Waals surface area contributed by atoms with Crippen LogP contribution < -0.4 is 0 Å². The van der Waals surface area contributed by atoms with Crippen LogP contribution in [0.25, 0.3) is 27.0 Å². The van der Waals surface area contributed by atoms with Crippen LogP contribution in [0.3, 0.4) is 0 Å². The SMILES string of the molecule is [C-]#[N+]c1ccc2c(-c3ccc(C(C)C)cc3)ncnc2c1. The second-order valence-electron chi connectivity index (χ2n) is 5.31. The minimum absolute atomic E-state index is 0.516. The molecule has 0 atom stereocenters. The van der Waals surface area contributed by atoms with Crippen molar-refractivity contribution >= 4 is 16.6 Å². The molecular formula is C18H15N3. The summed E-state index contributed by atoms with van der Waals surface area (Å²) in [4.78, 5) is 12.1. The Kier molecular flexibility index (Phi) is 3.37. The zero-order valence-electron chi connectivity index (χ0n) is 12.0. The quantitative estimate of drug-likeness (QED) is 0.617. The Hall–Kier alpha value is -2.73. The van der Waals surface area contributed by atoms with Gasteiger partial charge in [0.25, 0.3) is 0 Å². The minimum Gasteiger partial charge on any atom is -0.238 e. The van der Waals surface area contributed by atoms with Gasteiger partial charge in [0.2, 0.25) is 0 Å². The molecule has 1 heterocycles. The van der Waals surface area contributed by atoms with Crippen molar-refractivity contribution in [3.05, 3.63) is 65.8 Å². The van der Waals surface area contributed by atoms with Crippen molar-refractivity contribution in [3.63, 3.8) is 0 Å². The zero-order chi connectivity index (χ0) is 14.8. The smallest absolute Gasteiger partial charge is 0.189 e. The summed E-state index contributed by atoms with van der Waals surface area (Å²) >= 11 is 0. The van der Waals surface area contributed by atoms with Gasteiger partial charge in [-0.3, -0.25) is 0 Å². The molecule has 0 spiro atoms. The molecule has 0 unspecified atom stereocenters. The molecular weight excluding hydrogens is 258 g/mol. The van der Waals surface area contributed by atoms with Crippen LogP contribution in [0.4, 0.5) is 5.69 Å². The average molecular weight is 273 g/mol. The molecule has 1 aromatic heterocycles. The van der Waals surface area contributed by atoms with E-state index < -0.39 is 0 Å². The lowest BCUT2D eigenvalue weighted by molar-refractivity contribution is 0.867. The largest absolute Gasteiger partial charge is 0.238 e. The first-order valence-electron chi connectivity index (χ1n) is 6.91. The fourth-order valence-corrected chi connectivity index (χ4v) is 2.37. The van der Waals surface area contributed by atoms with Gasteiger partial charge in [-0.25, -0.2) is 14.8 Å². The normalized spacial score (nSPS) is 10.8. The van der Waals surface area contributed by atoms with Crippen LogP contribution in [0.2, 0.25) is 0 Å².